The Hall–Kier alpha value is -2.36. The van der Waals surface area contributed by atoms with E-state index in [1.54, 1.807) is 12.1 Å². The van der Waals surface area contributed by atoms with E-state index in [9.17, 15) is 8.42 Å². The third-order valence-electron chi connectivity index (χ3n) is 3.34. The number of anilines is 2. The van der Waals surface area contributed by atoms with Crippen molar-refractivity contribution in [1.29, 1.82) is 5.26 Å². The molecule has 2 aromatic rings. The maximum Gasteiger partial charge on any atom is 0.236 e. The van der Waals surface area contributed by atoms with E-state index in [4.69, 9.17) is 16.9 Å². The predicted molar refractivity (Wildman–Crippen MR) is 96.8 cm³/mol. The standard InChI is InChI=1S/C17H16ClN3O2S/c1-12-9-14(5-4-7-19)10-13(2)17(12)21(24(3,22)23)15-6-8-20-16(18)11-15/h4-6,8-11H,1-3H3/b5-4+. The fourth-order valence-electron chi connectivity index (χ4n) is 2.54. The molecule has 0 saturated carbocycles. The van der Waals surface area contributed by atoms with E-state index in [1.807, 2.05) is 32.0 Å². The average Bonchev–Trinajstić information content (AvgIpc) is 2.47. The minimum Gasteiger partial charge on any atom is -0.244 e. The zero-order valence-corrected chi connectivity index (χ0v) is 15.1. The first kappa shape index (κ1) is 18.0. The molecule has 0 aliphatic carbocycles. The van der Waals surface area contributed by atoms with Crippen LogP contribution in [0, 0.1) is 25.2 Å². The lowest BCUT2D eigenvalue weighted by molar-refractivity contribution is 0.602. The quantitative estimate of drug-likeness (QED) is 0.609. The smallest absolute Gasteiger partial charge is 0.236 e. The molecule has 0 aliphatic heterocycles. The minimum absolute atomic E-state index is 0.213. The van der Waals surface area contributed by atoms with Gasteiger partial charge in [-0.3, -0.25) is 0 Å². The average molecular weight is 362 g/mol. The molecule has 1 aromatic heterocycles. The van der Waals surface area contributed by atoms with Gasteiger partial charge in [0.1, 0.15) is 5.15 Å². The first-order valence-corrected chi connectivity index (χ1v) is 9.26. The second kappa shape index (κ2) is 7.04. The van der Waals surface area contributed by atoms with Crippen LogP contribution in [0.15, 0.2) is 36.5 Å². The van der Waals surface area contributed by atoms with Gasteiger partial charge < -0.3 is 0 Å². The number of rotatable bonds is 4. The van der Waals surface area contributed by atoms with Gasteiger partial charge in [-0.25, -0.2) is 17.7 Å². The highest BCUT2D eigenvalue weighted by atomic mass is 35.5. The summed E-state index contributed by atoms with van der Waals surface area (Å²) < 4.78 is 26.1. The summed E-state index contributed by atoms with van der Waals surface area (Å²) in [5.41, 5.74) is 3.35. The Morgan fingerprint density at radius 3 is 2.38 bits per heavy atom. The number of hydrogen-bond acceptors (Lipinski definition) is 4. The van der Waals surface area contributed by atoms with E-state index < -0.39 is 10.0 Å². The van der Waals surface area contributed by atoms with Crippen LogP contribution in [0.4, 0.5) is 11.4 Å². The number of halogens is 1. The molecule has 24 heavy (non-hydrogen) atoms. The predicted octanol–water partition coefficient (Wildman–Crippen LogP) is 3.99. The number of nitrogens with zero attached hydrogens (tertiary/aromatic N) is 3. The Bertz CT molecular complexity index is 924. The summed E-state index contributed by atoms with van der Waals surface area (Å²) in [7, 11) is -3.59. The monoisotopic (exact) mass is 361 g/mol. The molecule has 0 N–H and O–H groups in total. The Balaban J connectivity index is 2.69. The molecule has 0 unspecified atom stereocenters. The minimum atomic E-state index is -3.59. The second-order valence-electron chi connectivity index (χ2n) is 5.33. The molecule has 0 fully saturated rings. The Morgan fingerprint density at radius 1 is 1.25 bits per heavy atom. The van der Waals surface area contributed by atoms with E-state index in [0.29, 0.717) is 11.4 Å². The van der Waals surface area contributed by atoms with Gasteiger partial charge in [-0.1, -0.05) is 11.6 Å². The number of aromatic nitrogens is 1. The van der Waals surface area contributed by atoms with Gasteiger partial charge in [0.15, 0.2) is 0 Å². The van der Waals surface area contributed by atoms with Crippen LogP contribution in [0.1, 0.15) is 16.7 Å². The van der Waals surface area contributed by atoms with Crippen LogP contribution in [-0.2, 0) is 10.0 Å². The van der Waals surface area contributed by atoms with Gasteiger partial charge in [0, 0.05) is 18.3 Å². The molecule has 0 radical (unpaired) electrons. The lowest BCUT2D eigenvalue weighted by Crippen LogP contribution is -2.26. The van der Waals surface area contributed by atoms with Crippen LogP contribution in [-0.4, -0.2) is 19.7 Å². The number of hydrogen-bond donors (Lipinski definition) is 0. The van der Waals surface area contributed by atoms with Crippen LogP contribution < -0.4 is 4.31 Å². The SMILES string of the molecule is Cc1cc(/C=C/C#N)cc(C)c1N(c1ccnc(Cl)c1)S(C)(=O)=O. The van der Waals surface area contributed by atoms with E-state index in [2.05, 4.69) is 4.98 Å². The molecule has 124 valence electrons. The summed E-state index contributed by atoms with van der Waals surface area (Å²) in [4.78, 5) is 3.89. The number of sulfonamides is 1. The van der Waals surface area contributed by atoms with E-state index in [-0.39, 0.29) is 5.15 Å². The summed E-state index contributed by atoms with van der Waals surface area (Å²) in [6.45, 7) is 3.65. The maximum atomic E-state index is 12.4. The van der Waals surface area contributed by atoms with Crippen molar-refractivity contribution in [2.24, 2.45) is 0 Å². The fraction of sp³-hybridized carbons (Fsp3) is 0.176. The van der Waals surface area contributed by atoms with E-state index in [1.165, 1.54) is 22.6 Å². The maximum absolute atomic E-state index is 12.4. The summed E-state index contributed by atoms with van der Waals surface area (Å²) in [5, 5.41) is 8.86. The molecule has 7 heteroatoms. The zero-order chi connectivity index (χ0) is 17.9. The number of benzene rings is 1. The van der Waals surface area contributed by atoms with Gasteiger partial charge in [0.2, 0.25) is 10.0 Å². The van der Waals surface area contributed by atoms with Crippen LogP contribution in [0.3, 0.4) is 0 Å². The normalized spacial score (nSPS) is 11.5. The molecule has 0 spiro atoms. The first-order chi connectivity index (χ1) is 11.2. The molecule has 1 aromatic carbocycles. The van der Waals surface area contributed by atoms with Crippen molar-refractivity contribution in [3.05, 3.63) is 58.4 Å². The van der Waals surface area contributed by atoms with Crippen molar-refractivity contribution in [2.45, 2.75) is 13.8 Å². The van der Waals surface area contributed by atoms with Gasteiger partial charge >= 0.3 is 0 Å². The van der Waals surface area contributed by atoms with Crippen molar-refractivity contribution in [1.82, 2.24) is 4.98 Å². The van der Waals surface area contributed by atoms with E-state index in [0.717, 1.165) is 22.9 Å². The van der Waals surface area contributed by atoms with E-state index >= 15 is 0 Å². The summed E-state index contributed by atoms with van der Waals surface area (Å²) in [6, 6.07) is 8.70. The van der Waals surface area contributed by atoms with Gasteiger partial charge in [-0.15, -0.1) is 0 Å². The van der Waals surface area contributed by atoms with Crippen molar-refractivity contribution < 1.29 is 8.42 Å². The lowest BCUT2D eigenvalue weighted by atomic mass is 10.0. The fourth-order valence-corrected chi connectivity index (χ4v) is 3.83. The molecular formula is C17H16ClN3O2S. The molecule has 0 atom stereocenters. The third kappa shape index (κ3) is 3.94. The summed E-state index contributed by atoms with van der Waals surface area (Å²) in [5.74, 6) is 0. The number of pyridine rings is 1. The van der Waals surface area contributed by atoms with Crippen LogP contribution in [0.2, 0.25) is 5.15 Å². The highest BCUT2D eigenvalue weighted by Crippen LogP contribution is 2.35. The molecule has 0 aliphatic rings. The molecule has 5 nitrogen and oxygen atoms in total. The van der Waals surface area contributed by atoms with Gasteiger partial charge in [0.25, 0.3) is 0 Å². The van der Waals surface area contributed by atoms with Crippen molar-refractivity contribution >= 4 is 39.1 Å². The Labute approximate surface area is 146 Å². The molecule has 2 rings (SSSR count). The molecule has 0 amide bonds. The van der Waals surface area contributed by atoms with Gasteiger partial charge in [0.05, 0.1) is 23.7 Å². The summed E-state index contributed by atoms with van der Waals surface area (Å²) in [6.07, 6.45) is 5.66. The number of allylic oxidation sites excluding steroid dienone is 1. The molecule has 1 heterocycles. The van der Waals surface area contributed by atoms with Crippen molar-refractivity contribution in [3.63, 3.8) is 0 Å². The van der Waals surface area contributed by atoms with Crippen LogP contribution in [0.25, 0.3) is 6.08 Å². The third-order valence-corrected chi connectivity index (χ3v) is 4.61. The first-order valence-electron chi connectivity index (χ1n) is 7.03. The van der Waals surface area contributed by atoms with Crippen LogP contribution >= 0.6 is 11.6 Å². The zero-order valence-electron chi connectivity index (χ0n) is 13.5. The number of nitriles is 1. The largest absolute Gasteiger partial charge is 0.244 e. The Kier molecular flexibility index (Phi) is 5.27. The van der Waals surface area contributed by atoms with Crippen molar-refractivity contribution in [3.8, 4) is 6.07 Å². The van der Waals surface area contributed by atoms with Crippen molar-refractivity contribution in [2.75, 3.05) is 10.6 Å². The summed E-state index contributed by atoms with van der Waals surface area (Å²) >= 11 is 5.92. The highest BCUT2D eigenvalue weighted by Gasteiger charge is 2.23. The highest BCUT2D eigenvalue weighted by molar-refractivity contribution is 7.92. The molecular weight excluding hydrogens is 346 g/mol. The topological polar surface area (TPSA) is 74.1 Å². The van der Waals surface area contributed by atoms with Gasteiger partial charge in [-0.2, -0.15) is 5.26 Å². The van der Waals surface area contributed by atoms with Crippen LogP contribution in [0.5, 0.6) is 0 Å². The second-order valence-corrected chi connectivity index (χ2v) is 7.55. The Morgan fingerprint density at radius 2 is 1.88 bits per heavy atom. The molecule has 0 saturated heterocycles. The van der Waals surface area contributed by atoms with Gasteiger partial charge in [-0.05, 0) is 54.8 Å². The lowest BCUT2D eigenvalue weighted by Gasteiger charge is -2.26. The molecule has 0 bridgehead atoms. The number of aryl methyl sites for hydroxylation is 2.